The van der Waals surface area contributed by atoms with Crippen LogP contribution in [0.4, 0.5) is 17.5 Å². The van der Waals surface area contributed by atoms with Crippen LogP contribution in [-0.2, 0) is 10.0 Å². The summed E-state index contributed by atoms with van der Waals surface area (Å²) in [4.78, 5) is 31.0. The molecule has 0 atom stereocenters. The number of carbonyl (C=O) groups is 1. The minimum atomic E-state index is -3.61. The average molecular weight is 440 g/mol. The highest BCUT2D eigenvalue weighted by molar-refractivity contribution is 7.89. The van der Waals surface area contributed by atoms with Crippen LogP contribution in [0, 0.1) is 0 Å². The smallest absolute Gasteiger partial charge is 0.279 e. The Morgan fingerprint density at radius 3 is 2.48 bits per heavy atom. The molecule has 0 aliphatic carbocycles. The summed E-state index contributed by atoms with van der Waals surface area (Å²) in [5.74, 6) is 0.283. The molecule has 0 saturated carbocycles. The van der Waals surface area contributed by atoms with Crippen molar-refractivity contribution in [3.05, 3.63) is 60.8 Å². The van der Waals surface area contributed by atoms with Gasteiger partial charge in [-0.1, -0.05) is 6.07 Å². The molecule has 3 aromatic rings. The molecule has 1 amide bonds. The Hall–Kier alpha value is -3.64. The van der Waals surface area contributed by atoms with Gasteiger partial charge in [0.15, 0.2) is 11.5 Å². The molecule has 1 aliphatic heterocycles. The van der Waals surface area contributed by atoms with Crippen LogP contribution in [-0.4, -0.2) is 64.7 Å². The fourth-order valence-corrected chi connectivity index (χ4v) is 4.51. The Labute approximate surface area is 179 Å². The monoisotopic (exact) mass is 440 g/mol. The maximum atomic E-state index is 12.8. The van der Waals surface area contributed by atoms with Crippen LogP contribution in [0.3, 0.4) is 0 Å². The predicted octanol–water partition coefficient (Wildman–Crippen LogP) is 0.612. The van der Waals surface area contributed by atoms with Crippen molar-refractivity contribution in [2.45, 2.75) is 4.90 Å². The number of piperazine rings is 1. The molecule has 1 saturated heterocycles. The van der Waals surface area contributed by atoms with E-state index in [1.165, 1.54) is 29.0 Å². The number of aromatic nitrogens is 4. The van der Waals surface area contributed by atoms with Gasteiger partial charge >= 0.3 is 0 Å². The third-order valence-corrected chi connectivity index (χ3v) is 6.63. The molecule has 0 radical (unpaired) electrons. The van der Waals surface area contributed by atoms with Gasteiger partial charge in [-0.25, -0.2) is 23.4 Å². The lowest BCUT2D eigenvalue weighted by Gasteiger charge is -2.34. The molecule has 0 unspecified atom stereocenters. The van der Waals surface area contributed by atoms with Gasteiger partial charge in [0.05, 0.1) is 6.20 Å². The van der Waals surface area contributed by atoms with E-state index in [9.17, 15) is 13.2 Å². The van der Waals surface area contributed by atoms with E-state index in [4.69, 9.17) is 5.73 Å². The van der Waals surface area contributed by atoms with Crippen molar-refractivity contribution < 1.29 is 13.2 Å². The standard InChI is InChI=1S/C19H20N8O3S/c20-18-17(19(28)24-15-5-1-2-7-22-15)25-16(13-23-18)26-8-10-27(11-9-26)31(29,30)14-4-3-6-21-12-14/h1-7,12-13H,8-11H2,(H2,20,23)(H,22,24,28). The van der Waals surface area contributed by atoms with Gasteiger partial charge in [-0.05, 0) is 24.3 Å². The van der Waals surface area contributed by atoms with Crippen LogP contribution in [0.2, 0.25) is 0 Å². The second-order valence-electron chi connectivity index (χ2n) is 6.71. The first kappa shape index (κ1) is 20.6. The highest BCUT2D eigenvalue weighted by atomic mass is 32.2. The van der Waals surface area contributed by atoms with E-state index in [-0.39, 0.29) is 29.5 Å². The van der Waals surface area contributed by atoms with Gasteiger partial charge in [-0.2, -0.15) is 4.31 Å². The highest BCUT2D eigenvalue weighted by Gasteiger charge is 2.29. The van der Waals surface area contributed by atoms with Crippen LogP contribution < -0.4 is 16.0 Å². The molecule has 11 nitrogen and oxygen atoms in total. The van der Waals surface area contributed by atoms with Crippen LogP contribution in [0.15, 0.2) is 60.0 Å². The van der Waals surface area contributed by atoms with Crippen LogP contribution in [0.25, 0.3) is 0 Å². The number of hydrogen-bond donors (Lipinski definition) is 2. The molecular weight excluding hydrogens is 420 g/mol. The Kier molecular flexibility index (Phi) is 5.73. The van der Waals surface area contributed by atoms with Crippen molar-refractivity contribution in [2.24, 2.45) is 0 Å². The Morgan fingerprint density at radius 2 is 1.81 bits per heavy atom. The lowest BCUT2D eigenvalue weighted by atomic mass is 10.3. The Morgan fingerprint density at radius 1 is 1.00 bits per heavy atom. The molecule has 4 heterocycles. The SMILES string of the molecule is Nc1ncc(N2CCN(S(=O)(=O)c3cccnc3)CC2)nc1C(=O)Nc1ccccn1. The largest absolute Gasteiger partial charge is 0.382 e. The van der Waals surface area contributed by atoms with E-state index in [1.54, 1.807) is 30.5 Å². The van der Waals surface area contributed by atoms with Gasteiger partial charge in [-0.3, -0.25) is 9.78 Å². The minimum Gasteiger partial charge on any atom is -0.382 e. The van der Waals surface area contributed by atoms with E-state index in [0.717, 1.165) is 0 Å². The summed E-state index contributed by atoms with van der Waals surface area (Å²) in [5.41, 5.74) is 5.83. The first-order valence-electron chi connectivity index (χ1n) is 9.45. The van der Waals surface area contributed by atoms with Crippen molar-refractivity contribution in [1.82, 2.24) is 24.2 Å². The van der Waals surface area contributed by atoms with Gasteiger partial charge in [0, 0.05) is 44.8 Å². The third-order valence-electron chi connectivity index (χ3n) is 4.74. The molecule has 12 heteroatoms. The van der Waals surface area contributed by atoms with Crippen molar-refractivity contribution >= 4 is 33.4 Å². The summed E-state index contributed by atoms with van der Waals surface area (Å²) in [6.45, 7) is 1.30. The molecule has 0 bridgehead atoms. The zero-order chi connectivity index (χ0) is 21.8. The normalized spacial score (nSPS) is 14.9. The molecule has 1 aliphatic rings. The van der Waals surface area contributed by atoms with E-state index in [0.29, 0.717) is 24.7 Å². The topological polar surface area (TPSA) is 147 Å². The predicted molar refractivity (Wildman–Crippen MR) is 114 cm³/mol. The zero-order valence-corrected chi connectivity index (χ0v) is 17.2. The molecule has 1 fully saturated rings. The van der Waals surface area contributed by atoms with Gasteiger partial charge in [0.2, 0.25) is 10.0 Å². The number of nitrogens with zero attached hydrogens (tertiary/aromatic N) is 6. The number of nitrogens with one attached hydrogen (secondary N) is 1. The average Bonchev–Trinajstić information content (AvgIpc) is 2.80. The summed E-state index contributed by atoms with van der Waals surface area (Å²) >= 11 is 0. The molecule has 4 rings (SSSR count). The molecule has 0 aromatic carbocycles. The van der Waals surface area contributed by atoms with E-state index >= 15 is 0 Å². The summed E-state index contributed by atoms with van der Waals surface area (Å²) in [6.07, 6.45) is 5.89. The molecule has 31 heavy (non-hydrogen) atoms. The van der Waals surface area contributed by atoms with Crippen molar-refractivity contribution in [3.8, 4) is 0 Å². The Bertz CT molecular complexity index is 1170. The maximum Gasteiger partial charge on any atom is 0.279 e. The van der Waals surface area contributed by atoms with Crippen LogP contribution >= 0.6 is 0 Å². The second kappa shape index (κ2) is 8.62. The molecule has 3 N–H and O–H groups in total. The first-order chi connectivity index (χ1) is 14.9. The fourth-order valence-electron chi connectivity index (χ4n) is 3.13. The zero-order valence-electron chi connectivity index (χ0n) is 16.4. The van der Waals surface area contributed by atoms with Crippen molar-refractivity contribution in [1.29, 1.82) is 0 Å². The van der Waals surface area contributed by atoms with Gasteiger partial charge in [-0.15, -0.1) is 0 Å². The number of amides is 1. The number of rotatable bonds is 5. The number of anilines is 3. The number of carbonyl (C=O) groups excluding carboxylic acids is 1. The fraction of sp³-hybridized carbons (Fsp3) is 0.211. The number of sulfonamides is 1. The van der Waals surface area contributed by atoms with E-state index in [2.05, 4.69) is 25.3 Å². The van der Waals surface area contributed by atoms with Crippen LogP contribution in [0.1, 0.15) is 10.5 Å². The summed E-state index contributed by atoms with van der Waals surface area (Å²) < 4.78 is 26.9. The molecule has 3 aromatic heterocycles. The lowest BCUT2D eigenvalue weighted by molar-refractivity contribution is 0.102. The van der Waals surface area contributed by atoms with Gasteiger partial charge in [0.25, 0.3) is 5.91 Å². The number of hydrogen-bond acceptors (Lipinski definition) is 9. The molecule has 160 valence electrons. The third kappa shape index (κ3) is 4.44. The molecule has 0 spiro atoms. The summed E-state index contributed by atoms with van der Waals surface area (Å²) in [6, 6.07) is 8.23. The van der Waals surface area contributed by atoms with Gasteiger partial charge < -0.3 is 16.0 Å². The second-order valence-corrected chi connectivity index (χ2v) is 8.65. The Balaban J connectivity index is 1.47. The van der Waals surface area contributed by atoms with Gasteiger partial charge in [0.1, 0.15) is 16.5 Å². The summed E-state index contributed by atoms with van der Waals surface area (Å²) in [7, 11) is -3.61. The first-order valence-corrected chi connectivity index (χ1v) is 10.9. The molecular formula is C19H20N8O3S. The maximum absolute atomic E-state index is 12.8. The lowest BCUT2D eigenvalue weighted by Crippen LogP contribution is -2.49. The van der Waals surface area contributed by atoms with Crippen molar-refractivity contribution in [3.63, 3.8) is 0 Å². The van der Waals surface area contributed by atoms with E-state index in [1.807, 2.05) is 4.90 Å². The number of nitrogen functional groups attached to an aromatic ring is 1. The summed E-state index contributed by atoms with van der Waals surface area (Å²) in [5, 5.41) is 2.63. The quantitative estimate of drug-likeness (QED) is 0.582. The van der Waals surface area contributed by atoms with E-state index < -0.39 is 15.9 Å². The highest BCUT2D eigenvalue weighted by Crippen LogP contribution is 2.20. The van der Waals surface area contributed by atoms with Crippen LogP contribution in [0.5, 0.6) is 0 Å². The minimum absolute atomic E-state index is 0.00466. The van der Waals surface area contributed by atoms with Crippen molar-refractivity contribution in [2.75, 3.05) is 42.1 Å². The number of nitrogens with two attached hydrogens (primary N) is 1. The number of pyridine rings is 2.